The van der Waals surface area contributed by atoms with Gasteiger partial charge in [0.15, 0.2) is 5.82 Å². The largest absolute Gasteiger partial charge is 0.464 e. The monoisotopic (exact) mass is 548 g/mol. The van der Waals surface area contributed by atoms with Crippen LogP contribution in [0.1, 0.15) is 12.5 Å². The van der Waals surface area contributed by atoms with Crippen molar-refractivity contribution in [3.8, 4) is 22.7 Å². The third-order valence-electron chi connectivity index (χ3n) is 6.72. The Morgan fingerprint density at radius 2 is 1.73 bits per heavy atom. The minimum absolute atomic E-state index is 0.0861. The third kappa shape index (κ3) is 6.07. The fourth-order valence-electron chi connectivity index (χ4n) is 4.73. The zero-order chi connectivity index (χ0) is 28.2. The topological polar surface area (TPSA) is 122 Å². The van der Waals surface area contributed by atoms with E-state index in [0.717, 1.165) is 52.3 Å². The molecule has 1 saturated heterocycles. The second-order valence-corrected chi connectivity index (χ2v) is 9.77. The molecule has 5 aromatic rings. The first-order chi connectivity index (χ1) is 20.0. The average Bonchev–Trinajstić information content (AvgIpc) is 3.53. The highest BCUT2D eigenvalue weighted by Gasteiger charge is 2.19. The molecule has 10 heteroatoms. The highest BCUT2D eigenvalue weighted by molar-refractivity contribution is 5.99. The van der Waals surface area contributed by atoms with Gasteiger partial charge in [-0.15, -0.1) is 0 Å². The number of Topliss-reactive ketones (excluding diaryl/α,β-unsaturated/α-hetero) is 1. The first-order valence-corrected chi connectivity index (χ1v) is 13.3. The average molecular weight is 549 g/mol. The van der Waals surface area contributed by atoms with Gasteiger partial charge >= 0.3 is 6.03 Å². The lowest BCUT2D eigenvalue weighted by Gasteiger charge is -2.29. The van der Waals surface area contributed by atoms with Crippen molar-refractivity contribution in [3.05, 3.63) is 84.8 Å². The van der Waals surface area contributed by atoms with Crippen LogP contribution in [0.5, 0.6) is 0 Å². The zero-order valence-corrected chi connectivity index (χ0v) is 22.5. The number of furan rings is 1. The predicted octanol–water partition coefficient (Wildman–Crippen LogP) is 5.56. The van der Waals surface area contributed by atoms with Gasteiger partial charge < -0.3 is 19.4 Å². The smallest absolute Gasteiger partial charge is 0.324 e. The number of hydrogen-bond acceptors (Lipinski definition) is 8. The number of ketones is 1. The van der Waals surface area contributed by atoms with Crippen LogP contribution in [-0.2, 0) is 16.0 Å². The number of pyridine rings is 1. The van der Waals surface area contributed by atoms with Gasteiger partial charge in [0.1, 0.15) is 23.2 Å². The van der Waals surface area contributed by atoms with E-state index >= 15 is 0 Å². The highest BCUT2D eigenvalue weighted by Crippen LogP contribution is 2.31. The quantitative estimate of drug-likeness (QED) is 0.271. The number of aromatic nitrogens is 3. The lowest BCUT2D eigenvalue weighted by Crippen LogP contribution is -2.37. The minimum Gasteiger partial charge on any atom is -0.464 e. The van der Waals surface area contributed by atoms with Crippen molar-refractivity contribution < 1.29 is 18.7 Å². The number of anilines is 3. The van der Waals surface area contributed by atoms with E-state index in [4.69, 9.17) is 19.1 Å². The number of amides is 2. The summed E-state index contributed by atoms with van der Waals surface area (Å²) >= 11 is 0. The first kappa shape index (κ1) is 26.1. The van der Waals surface area contributed by atoms with Crippen LogP contribution in [0, 0.1) is 0 Å². The fraction of sp³-hybridized carbons (Fsp3) is 0.194. The number of hydrogen-bond donors (Lipinski definition) is 2. The molecule has 206 valence electrons. The molecule has 0 bridgehead atoms. The number of morpholine rings is 1. The number of ether oxygens (including phenoxy) is 1. The number of carbonyl (C=O) groups excluding carboxylic acids is 2. The summed E-state index contributed by atoms with van der Waals surface area (Å²) in [6.45, 7) is 4.30. The Bertz CT molecular complexity index is 1680. The van der Waals surface area contributed by atoms with Gasteiger partial charge in [0.05, 0.1) is 25.0 Å². The lowest BCUT2D eigenvalue weighted by atomic mass is 10.1. The van der Waals surface area contributed by atoms with Crippen molar-refractivity contribution in [3.63, 3.8) is 0 Å². The van der Waals surface area contributed by atoms with Gasteiger partial charge in [-0.25, -0.2) is 19.7 Å². The van der Waals surface area contributed by atoms with E-state index < -0.39 is 6.03 Å². The van der Waals surface area contributed by atoms with Crippen molar-refractivity contribution in [2.45, 2.75) is 13.3 Å². The van der Waals surface area contributed by atoms with Gasteiger partial charge in [0.2, 0.25) is 0 Å². The van der Waals surface area contributed by atoms with Gasteiger partial charge in [0, 0.05) is 47.9 Å². The van der Waals surface area contributed by atoms with Crippen molar-refractivity contribution in [2.24, 2.45) is 0 Å². The molecule has 2 amide bonds. The third-order valence-corrected chi connectivity index (χ3v) is 6.72. The summed E-state index contributed by atoms with van der Waals surface area (Å²) in [5.74, 6) is 2.61. The maximum atomic E-state index is 12.5. The fourth-order valence-corrected chi connectivity index (χ4v) is 4.73. The number of benzene rings is 2. The van der Waals surface area contributed by atoms with Crippen LogP contribution in [0.25, 0.3) is 33.6 Å². The van der Waals surface area contributed by atoms with E-state index in [1.165, 1.54) is 0 Å². The Labute approximate surface area is 236 Å². The van der Waals surface area contributed by atoms with Crippen LogP contribution in [-0.4, -0.2) is 53.1 Å². The summed E-state index contributed by atoms with van der Waals surface area (Å²) in [5.41, 5.74) is 3.95. The molecule has 1 fully saturated rings. The van der Waals surface area contributed by atoms with Crippen molar-refractivity contribution in [1.82, 2.24) is 15.0 Å². The maximum Gasteiger partial charge on any atom is 0.324 e. The molecule has 2 aromatic carbocycles. The van der Waals surface area contributed by atoms with E-state index in [1.807, 2.05) is 48.5 Å². The van der Waals surface area contributed by atoms with Crippen LogP contribution >= 0.6 is 0 Å². The zero-order valence-electron chi connectivity index (χ0n) is 22.5. The number of nitrogens with one attached hydrogen (secondary N) is 2. The predicted molar refractivity (Wildman–Crippen MR) is 157 cm³/mol. The SMILES string of the molecule is CC(=O)Cc1ccc(NC(=O)Nc2ccc(-c3nc(N4CCOCC4)c4ccc(-c5ccco5)cc4n3)cn2)cc1. The molecule has 3 aromatic heterocycles. The van der Waals surface area contributed by atoms with Gasteiger partial charge in [0.25, 0.3) is 0 Å². The molecule has 0 saturated carbocycles. The van der Waals surface area contributed by atoms with Gasteiger partial charge in [-0.2, -0.15) is 0 Å². The van der Waals surface area contributed by atoms with Crippen LogP contribution < -0.4 is 15.5 Å². The molecule has 0 spiro atoms. The summed E-state index contributed by atoms with van der Waals surface area (Å²) in [6.07, 6.45) is 3.66. The molecule has 0 unspecified atom stereocenters. The number of urea groups is 1. The van der Waals surface area contributed by atoms with Crippen LogP contribution in [0.2, 0.25) is 0 Å². The van der Waals surface area contributed by atoms with E-state index in [1.54, 1.807) is 37.6 Å². The molecule has 0 atom stereocenters. The molecule has 41 heavy (non-hydrogen) atoms. The second kappa shape index (κ2) is 11.6. The molecule has 0 radical (unpaired) electrons. The summed E-state index contributed by atoms with van der Waals surface area (Å²) in [7, 11) is 0. The highest BCUT2D eigenvalue weighted by atomic mass is 16.5. The lowest BCUT2D eigenvalue weighted by molar-refractivity contribution is -0.116. The van der Waals surface area contributed by atoms with Crippen molar-refractivity contribution in [1.29, 1.82) is 0 Å². The first-order valence-electron chi connectivity index (χ1n) is 13.3. The van der Waals surface area contributed by atoms with Crippen LogP contribution in [0.15, 0.2) is 83.6 Å². The van der Waals surface area contributed by atoms with E-state index in [9.17, 15) is 9.59 Å². The Kier molecular flexibility index (Phi) is 7.38. The Balaban J connectivity index is 1.23. The van der Waals surface area contributed by atoms with Crippen molar-refractivity contribution >= 4 is 40.0 Å². The van der Waals surface area contributed by atoms with Crippen LogP contribution in [0.4, 0.5) is 22.1 Å². The summed E-state index contributed by atoms with van der Waals surface area (Å²) < 4.78 is 11.2. The Morgan fingerprint density at radius 1 is 0.927 bits per heavy atom. The summed E-state index contributed by atoms with van der Waals surface area (Å²) in [6, 6.07) is 20.1. The molecule has 4 heterocycles. The Hall–Kier alpha value is -5.09. The molecule has 6 rings (SSSR count). The molecule has 0 aliphatic carbocycles. The number of nitrogens with zero attached hydrogens (tertiary/aromatic N) is 4. The maximum absolute atomic E-state index is 12.5. The Morgan fingerprint density at radius 3 is 2.44 bits per heavy atom. The molecule has 1 aliphatic heterocycles. The normalized spacial score (nSPS) is 13.2. The number of rotatable bonds is 7. The van der Waals surface area contributed by atoms with Gasteiger partial charge in [-0.1, -0.05) is 18.2 Å². The van der Waals surface area contributed by atoms with Gasteiger partial charge in [-0.05, 0) is 61.0 Å². The van der Waals surface area contributed by atoms with E-state index in [2.05, 4.69) is 20.5 Å². The van der Waals surface area contributed by atoms with Gasteiger partial charge in [-0.3, -0.25) is 10.1 Å². The van der Waals surface area contributed by atoms with E-state index in [-0.39, 0.29) is 5.78 Å². The number of fused-ring (bicyclic) bond motifs is 1. The molecule has 2 N–H and O–H groups in total. The minimum atomic E-state index is -0.424. The molecular weight excluding hydrogens is 520 g/mol. The molecular formula is C31H28N6O4. The molecule has 10 nitrogen and oxygen atoms in total. The summed E-state index contributed by atoms with van der Waals surface area (Å²) in [5, 5.41) is 6.47. The second-order valence-electron chi connectivity index (χ2n) is 9.77. The standard InChI is InChI=1S/C31H28N6O4/c1-20(38)17-21-4-8-24(9-5-21)33-31(39)35-28-11-7-23(19-32-28)29-34-26-18-22(27-3-2-14-41-27)6-10-25(26)30(36-29)37-12-15-40-16-13-37/h2-11,14,18-19H,12-13,15-17H2,1H3,(H2,32,33,35,39). The van der Waals surface area contributed by atoms with E-state index in [0.29, 0.717) is 37.0 Å². The van der Waals surface area contributed by atoms with Crippen molar-refractivity contribution in [2.75, 3.05) is 41.8 Å². The molecule has 1 aliphatic rings. The summed E-state index contributed by atoms with van der Waals surface area (Å²) in [4.78, 5) is 40.3. The number of carbonyl (C=O) groups is 2. The van der Waals surface area contributed by atoms with Crippen LogP contribution in [0.3, 0.4) is 0 Å².